The van der Waals surface area contributed by atoms with Crippen LogP contribution in [-0.4, -0.2) is 10.9 Å². The molecule has 1 fully saturated rings. The molecule has 108 valence electrons. The largest absolute Gasteiger partial charge is 0.392 e. The van der Waals surface area contributed by atoms with Crippen molar-refractivity contribution in [3.8, 4) is 0 Å². The molecule has 1 aromatic carbocycles. The summed E-state index contributed by atoms with van der Waals surface area (Å²) in [5, 5.41) is 2.91. The molecule has 3 nitrogen and oxygen atoms in total. The zero-order chi connectivity index (χ0) is 14.8. The molecule has 0 bridgehead atoms. The number of nitrogens with one attached hydrogen (secondary N) is 1. The number of thiocarbonyl (C=S) groups is 1. The number of amides is 1. The molecule has 1 amide bonds. The lowest BCUT2D eigenvalue weighted by Gasteiger charge is -2.34. The van der Waals surface area contributed by atoms with Crippen molar-refractivity contribution in [2.45, 2.75) is 32.1 Å². The maximum atomic E-state index is 13.3. The van der Waals surface area contributed by atoms with Gasteiger partial charge in [-0.05, 0) is 31.0 Å². The van der Waals surface area contributed by atoms with Gasteiger partial charge in [-0.25, -0.2) is 4.39 Å². The zero-order valence-electron chi connectivity index (χ0n) is 10.9. The minimum absolute atomic E-state index is 0.206. The van der Waals surface area contributed by atoms with Gasteiger partial charge in [-0.15, -0.1) is 0 Å². The first kappa shape index (κ1) is 15.2. The third kappa shape index (κ3) is 3.10. The number of hydrogen-bond acceptors (Lipinski definition) is 2. The van der Waals surface area contributed by atoms with Gasteiger partial charge in [-0.3, -0.25) is 4.79 Å². The summed E-state index contributed by atoms with van der Waals surface area (Å²) in [7, 11) is 0. The van der Waals surface area contributed by atoms with Gasteiger partial charge < -0.3 is 11.1 Å². The van der Waals surface area contributed by atoms with E-state index in [0.29, 0.717) is 18.5 Å². The van der Waals surface area contributed by atoms with E-state index in [2.05, 4.69) is 5.32 Å². The quantitative estimate of drug-likeness (QED) is 0.837. The van der Waals surface area contributed by atoms with Crippen molar-refractivity contribution in [1.29, 1.82) is 0 Å². The van der Waals surface area contributed by atoms with Crippen LogP contribution in [0.1, 0.15) is 32.1 Å². The van der Waals surface area contributed by atoms with Gasteiger partial charge in [0.2, 0.25) is 5.91 Å². The number of rotatable bonds is 3. The Morgan fingerprint density at radius 3 is 2.50 bits per heavy atom. The van der Waals surface area contributed by atoms with E-state index in [1.165, 1.54) is 18.2 Å². The van der Waals surface area contributed by atoms with Gasteiger partial charge in [0.1, 0.15) is 5.82 Å². The molecule has 1 aliphatic rings. The maximum absolute atomic E-state index is 13.3. The molecule has 1 saturated carbocycles. The highest BCUT2D eigenvalue weighted by Crippen LogP contribution is 2.38. The normalized spacial score (nSPS) is 17.5. The molecule has 2 rings (SSSR count). The molecule has 3 N–H and O–H groups in total. The minimum atomic E-state index is -0.827. The van der Waals surface area contributed by atoms with Gasteiger partial charge in [0, 0.05) is 10.7 Å². The van der Waals surface area contributed by atoms with E-state index >= 15 is 0 Å². The molecule has 0 radical (unpaired) electrons. The summed E-state index contributed by atoms with van der Waals surface area (Å²) in [5.74, 6) is -0.771. The highest BCUT2D eigenvalue weighted by molar-refractivity contribution is 7.80. The van der Waals surface area contributed by atoms with E-state index in [0.717, 1.165) is 19.3 Å². The lowest BCUT2D eigenvalue weighted by molar-refractivity contribution is -0.123. The molecule has 0 heterocycles. The van der Waals surface area contributed by atoms with Crippen LogP contribution in [0.25, 0.3) is 0 Å². The second-order valence-electron chi connectivity index (χ2n) is 5.12. The number of carbonyl (C=O) groups excluding carboxylic acids is 1. The molecule has 0 aliphatic heterocycles. The Kier molecular flexibility index (Phi) is 4.60. The predicted molar refractivity (Wildman–Crippen MR) is 82.3 cm³/mol. The molecule has 0 unspecified atom stereocenters. The molecule has 20 heavy (non-hydrogen) atoms. The third-order valence-electron chi connectivity index (χ3n) is 3.73. The Labute approximate surface area is 127 Å². The Hall–Kier alpha value is -1.20. The fourth-order valence-electron chi connectivity index (χ4n) is 2.62. The molecule has 0 spiro atoms. The molecule has 1 aliphatic carbocycles. The Morgan fingerprint density at radius 1 is 1.30 bits per heavy atom. The van der Waals surface area contributed by atoms with Gasteiger partial charge in [-0.2, -0.15) is 0 Å². The highest BCUT2D eigenvalue weighted by atomic mass is 35.5. The van der Waals surface area contributed by atoms with Crippen LogP contribution in [0.5, 0.6) is 0 Å². The summed E-state index contributed by atoms with van der Waals surface area (Å²) in [4.78, 5) is 12.7. The third-order valence-corrected chi connectivity index (χ3v) is 4.34. The van der Waals surface area contributed by atoms with Crippen LogP contribution in [0.15, 0.2) is 18.2 Å². The average Bonchev–Trinajstić information content (AvgIpc) is 2.38. The van der Waals surface area contributed by atoms with Gasteiger partial charge in [-0.1, -0.05) is 43.1 Å². The van der Waals surface area contributed by atoms with Crippen LogP contribution in [0.3, 0.4) is 0 Å². The smallest absolute Gasteiger partial charge is 0.237 e. The summed E-state index contributed by atoms with van der Waals surface area (Å²) in [6.07, 6.45) is 4.17. The second kappa shape index (κ2) is 6.06. The first-order chi connectivity index (χ1) is 9.44. The van der Waals surface area contributed by atoms with Crippen molar-refractivity contribution in [3.63, 3.8) is 0 Å². The number of nitrogens with two attached hydrogens (primary N) is 1. The summed E-state index contributed by atoms with van der Waals surface area (Å²) in [5.41, 5.74) is 5.28. The Bertz CT molecular complexity index is 524. The monoisotopic (exact) mass is 314 g/mol. The molecule has 0 saturated heterocycles. The van der Waals surface area contributed by atoms with Gasteiger partial charge in [0.25, 0.3) is 0 Å². The van der Waals surface area contributed by atoms with Gasteiger partial charge in [0.05, 0.1) is 10.4 Å². The SMILES string of the molecule is NC(=S)C1(C(=O)Nc2cc(F)cc(Cl)c2)CCCCC1. The summed E-state index contributed by atoms with van der Waals surface area (Å²) in [6, 6.07) is 3.90. The minimum Gasteiger partial charge on any atom is -0.392 e. The van der Waals surface area contributed by atoms with E-state index < -0.39 is 11.2 Å². The predicted octanol–water partition coefficient (Wildman–Crippen LogP) is 3.65. The first-order valence-corrected chi connectivity index (χ1v) is 7.30. The van der Waals surface area contributed by atoms with E-state index in [9.17, 15) is 9.18 Å². The van der Waals surface area contributed by atoms with E-state index in [-0.39, 0.29) is 15.9 Å². The zero-order valence-corrected chi connectivity index (χ0v) is 12.5. The summed E-state index contributed by atoms with van der Waals surface area (Å²) < 4.78 is 13.3. The standard InChI is InChI=1S/C14H16ClFN2OS/c15-9-6-10(16)8-11(7-9)18-13(19)14(12(17)20)4-2-1-3-5-14/h6-8H,1-5H2,(H2,17,20)(H,18,19). The van der Waals surface area contributed by atoms with Crippen LogP contribution >= 0.6 is 23.8 Å². The van der Waals surface area contributed by atoms with Crippen molar-refractivity contribution < 1.29 is 9.18 Å². The molecular weight excluding hydrogens is 299 g/mol. The fraction of sp³-hybridized carbons (Fsp3) is 0.429. The van der Waals surface area contributed by atoms with Crippen molar-refractivity contribution in [2.75, 3.05) is 5.32 Å². The number of anilines is 1. The Morgan fingerprint density at radius 2 is 1.95 bits per heavy atom. The second-order valence-corrected chi connectivity index (χ2v) is 6.00. The van der Waals surface area contributed by atoms with Crippen molar-refractivity contribution in [2.24, 2.45) is 11.1 Å². The number of halogens is 2. The highest BCUT2D eigenvalue weighted by Gasteiger charge is 2.42. The maximum Gasteiger partial charge on any atom is 0.237 e. The van der Waals surface area contributed by atoms with E-state index in [1.54, 1.807) is 0 Å². The van der Waals surface area contributed by atoms with Crippen LogP contribution in [0.2, 0.25) is 5.02 Å². The van der Waals surface area contributed by atoms with Gasteiger partial charge >= 0.3 is 0 Å². The number of hydrogen-bond donors (Lipinski definition) is 2. The topological polar surface area (TPSA) is 55.1 Å². The molecule has 0 atom stereocenters. The summed E-state index contributed by atoms with van der Waals surface area (Å²) >= 11 is 10.9. The van der Waals surface area contributed by atoms with Crippen LogP contribution in [0, 0.1) is 11.2 Å². The average molecular weight is 315 g/mol. The number of carbonyl (C=O) groups is 1. The molecule has 6 heteroatoms. The van der Waals surface area contributed by atoms with Crippen molar-refractivity contribution in [3.05, 3.63) is 29.0 Å². The van der Waals surface area contributed by atoms with E-state index in [1.807, 2.05) is 0 Å². The fourth-order valence-corrected chi connectivity index (χ4v) is 3.14. The van der Waals surface area contributed by atoms with Crippen molar-refractivity contribution in [1.82, 2.24) is 0 Å². The molecule has 0 aromatic heterocycles. The lowest BCUT2D eigenvalue weighted by Crippen LogP contribution is -2.47. The number of benzene rings is 1. The Balaban J connectivity index is 2.22. The molecular formula is C14H16ClFN2OS. The van der Waals surface area contributed by atoms with E-state index in [4.69, 9.17) is 29.6 Å². The van der Waals surface area contributed by atoms with Crippen LogP contribution in [-0.2, 0) is 4.79 Å². The van der Waals surface area contributed by atoms with Gasteiger partial charge in [0.15, 0.2) is 0 Å². The molecule has 1 aromatic rings. The van der Waals surface area contributed by atoms with Crippen molar-refractivity contribution >= 4 is 40.4 Å². The van der Waals surface area contributed by atoms with Crippen LogP contribution in [0.4, 0.5) is 10.1 Å². The lowest BCUT2D eigenvalue weighted by atomic mass is 9.73. The summed E-state index contributed by atoms with van der Waals surface area (Å²) in [6.45, 7) is 0. The van der Waals surface area contributed by atoms with Crippen LogP contribution < -0.4 is 11.1 Å². The first-order valence-electron chi connectivity index (χ1n) is 6.51.